The number of hydrogen-bond acceptors (Lipinski definition) is 4. The van der Waals surface area contributed by atoms with Crippen molar-refractivity contribution in [3.63, 3.8) is 0 Å². The SMILES string of the molecule is CN(C)C(=O)NCCNCc1cc(C#N)cs1. The van der Waals surface area contributed by atoms with Gasteiger partial charge in [-0.1, -0.05) is 0 Å². The third-order valence-electron chi connectivity index (χ3n) is 2.07. The Hall–Kier alpha value is -1.58. The van der Waals surface area contributed by atoms with Gasteiger partial charge in [0.05, 0.1) is 5.56 Å². The maximum Gasteiger partial charge on any atom is 0.316 e. The Bertz CT molecular complexity index is 408. The lowest BCUT2D eigenvalue weighted by molar-refractivity contribution is 0.217. The predicted molar refractivity (Wildman–Crippen MR) is 67.8 cm³/mol. The third kappa shape index (κ3) is 4.85. The molecule has 0 fully saturated rings. The highest BCUT2D eigenvalue weighted by Crippen LogP contribution is 2.12. The van der Waals surface area contributed by atoms with Gasteiger partial charge in [-0.15, -0.1) is 11.3 Å². The molecule has 1 aromatic heterocycles. The lowest BCUT2D eigenvalue weighted by atomic mass is 10.3. The van der Waals surface area contributed by atoms with Gasteiger partial charge in [-0.3, -0.25) is 0 Å². The van der Waals surface area contributed by atoms with E-state index < -0.39 is 0 Å². The molecule has 0 aliphatic carbocycles. The average molecular weight is 252 g/mol. The Morgan fingerprint density at radius 1 is 1.53 bits per heavy atom. The smallest absolute Gasteiger partial charge is 0.316 e. The van der Waals surface area contributed by atoms with Crippen molar-refractivity contribution in [1.29, 1.82) is 5.26 Å². The molecule has 0 unspecified atom stereocenters. The summed E-state index contributed by atoms with van der Waals surface area (Å²) in [5.41, 5.74) is 0.702. The number of nitrogens with zero attached hydrogens (tertiary/aromatic N) is 2. The molecule has 0 saturated heterocycles. The van der Waals surface area contributed by atoms with Crippen molar-refractivity contribution in [2.24, 2.45) is 0 Å². The fourth-order valence-electron chi connectivity index (χ4n) is 1.16. The maximum atomic E-state index is 11.2. The number of carbonyl (C=O) groups excluding carboxylic acids is 1. The second-order valence-corrected chi connectivity index (χ2v) is 4.71. The Morgan fingerprint density at radius 2 is 2.29 bits per heavy atom. The van der Waals surface area contributed by atoms with Crippen molar-refractivity contribution in [3.05, 3.63) is 21.9 Å². The molecule has 2 amide bonds. The van der Waals surface area contributed by atoms with Crippen molar-refractivity contribution in [3.8, 4) is 6.07 Å². The van der Waals surface area contributed by atoms with E-state index in [9.17, 15) is 4.79 Å². The minimum absolute atomic E-state index is 0.0882. The summed E-state index contributed by atoms with van der Waals surface area (Å²) in [6.07, 6.45) is 0. The van der Waals surface area contributed by atoms with Gasteiger partial charge in [0.25, 0.3) is 0 Å². The highest BCUT2D eigenvalue weighted by Gasteiger charge is 2.01. The second-order valence-electron chi connectivity index (χ2n) is 3.72. The van der Waals surface area contributed by atoms with Gasteiger partial charge in [-0.2, -0.15) is 5.26 Å². The number of amides is 2. The van der Waals surface area contributed by atoms with Crippen LogP contribution in [0.1, 0.15) is 10.4 Å². The fraction of sp³-hybridized carbons (Fsp3) is 0.455. The van der Waals surface area contributed by atoms with E-state index in [1.807, 2.05) is 11.4 Å². The maximum absolute atomic E-state index is 11.2. The van der Waals surface area contributed by atoms with Crippen molar-refractivity contribution in [1.82, 2.24) is 15.5 Å². The van der Waals surface area contributed by atoms with Crippen LogP contribution in [0.15, 0.2) is 11.4 Å². The van der Waals surface area contributed by atoms with Gasteiger partial charge in [-0.05, 0) is 6.07 Å². The van der Waals surface area contributed by atoms with E-state index in [2.05, 4.69) is 16.7 Å². The van der Waals surface area contributed by atoms with E-state index in [0.717, 1.165) is 11.4 Å². The number of carbonyl (C=O) groups is 1. The first kappa shape index (κ1) is 13.5. The van der Waals surface area contributed by atoms with Crippen molar-refractivity contribution < 1.29 is 4.79 Å². The van der Waals surface area contributed by atoms with E-state index in [1.54, 1.807) is 25.4 Å². The van der Waals surface area contributed by atoms with Gasteiger partial charge in [0, 0.05) is 44.0 Å². The van der Waals surface area contributed by atoms with Gasteiger partial charge >= 0.3 is 6.03 Å². The monoisotopic (exact) mass is 252 g/mol. The predicted octanol–water partition coefficient (Wildman–Crippen LogP) is 0.981. The normalized spacial score (nSPS) is 9.71. The topological polar surface area (TPSA) is 68.2 Å². The molecular formula is C11H16N4OS. The van der Waals surface area contributed by atoms with Crippen LogP contribution in [0.25, 0.3) is 0 Å². The molecule has 5 nitrogen and oxygen atoms in total. The van der Waals surface area contributed by atoms with E-state index >= 15 is 0 Å². The molecule has 0 aromatic carbocycles. The second kappa shape index (κ2) is 6.89. The van der Waals surface area contributed by atoms with Crippen LogP contribution < -0.4 is 10.6 Å². The Kier molecular flexibility index (Phi) is 5.46. The molecule has 1 rings (SSSR count). The largest absolute Gasteiger partial charge is 0.337 e. The standard InChI is InChI=1S/C11H16N4OS/c1-15(2)11(16)14-4-3-13-7-10-5-9(6-12)8-17-10/h5,8,13H,3-4,7H2,1-2H3,(H,14,16). The minimum atomic E-state index is -0.0882. The number of nitrogens with one attached hydrogen (secondary N) is 2. The molecule has 0 spiro atoms. The zero-order valence-electron chi connectivity index (χ0n) is 9.99. The van der Waals surface area contributed by atoms with E-state index in [4.69, 9.17) is 5.26 Å². The third-order valence-corrected chi connectivity index (χ3v) is 3.00. The first-order valence-corrected chi connectivity index (χ1v) is 6.15. The molecular weight excluding hydrogens is 236 g/mol. The molecule has 1 heterocycles. The van der Waals surface area contributed by atoms with Crippen LogP contribution in [-0.4, -0.2) is 38.1 Å². The van der Waals surface area contributed by atoms with Crippen LogP contribution in [0.4, 0.5) is 4.79 Å². The molecule has 92 valence electrons. The van der Waals surface area contributed by atoms with Crippen LogP contribution in [0.2, 0.25) is 0 Å². The number of rotatable bonds is 5. The zero-order chi connectivity index (χ0) is 12.7. The highest BCUT2D eigenvalue weighted by atomic mass is 32.1. The number of urea groups is 1. The van der Waals surface area contributed by atoms with Gasteiger partial charge < -0.3 is 15.5 Å². The molecule has 0 aliphatic heterocycles. The van der Waals surface area contributed by atoms with Crippen LogP contribution >= 0.6 is 11.3 Å². The number of nitriles is 1. The number of thiophene rings is 1. The van der Waals surface area contributed by atoms with Crippen LogP contribution in [-0.2, 0) is 6.54 Å². The van der Waals surface area contributed by atoms with E-state index in [1.165, 1.54) is 4.90 Å². The Morgan fingerprint density at radius 3 is 2.88 bits per heavy atom. The molecule has 0 radical (unpaired) electrons. The van der Waals surface area contributed by atoms with Crippen LogP contribution in [0.3, 0.4) is 0 Å². The summed E-state index contributed by atoms with van der Waals surface area (Å²) in [6, 6.07) is 3.88. The van der Waals surface area contributed by atoms with Gasteiger partial charge in [0.2, 0.25) is 0 Å². The van der Waals surface area contributed by atoms with Gasteiger partial charge in [-0.25, -0.2) is 4.79 Å². The quantitative estimate of drug-likeness (QED) is 0.768. The van der Waals surface area contributed by atoms with Crippen molar-refractivity contribution in [2.45, 2.75) is 6.54 Å². The summed E-state index contributed by atoms with van der Waals surface area (Å²) < 4.78 is 0. The first-order valence-electron chi connectivity index (χ1n) is 5.27. The van der Waals surface area contributed by atoms with Gasteiger partial charge in [0.15, 0.2) is 0 Å². The lowest BCUT2D eigenvalue weighted by Gasteiger charge is -2.11. The van der Waals surface area contributed by atoms with Crippen LogP contribution in [0.5, 0.6) is 0 Å². The van der Waals surface area contributed by atoms with E-state index in [0.29, 0.717) is 18.7 Å². The minimum Gasteiger partial charge on any atom is -0.337 e. The summed E-state index contributed by atoms with van der Waals surface area (Å²) in [7, 11) is 3.41. The van der Waals surface area contributed by atoms with Gasteiger partial charge in [0.1, 0.15) is 6.07 Å². The molecule has 0 atom stereocenters. The summed E-state index contributed by atoms with van der Waals surface area (Å²) in [5.74, 6) is 0. The molecule has 0 aliphatic rings. The average Bonchev–Trinajstić information content (AvgIpc) is 2.76. The lowest BCUT2D eigenvalue weighted by Crippen LogP contribution is -2.38. The summed E-state index contributed by atoms with van der Waals surface area (Å²) >= 11 is 1.56. The molecule has 2 N–H and O–H groups in total. The number of hydrogen-bond donors (Lipinski definition) is 2. The van der Waals surface area contributed by atoms with Crippen molar-refractivity contribution in [2.75, 3.05) is 27.2 Å². The molecule has 6 heteroatoms. The summed E-state index contributed by atoms with van der Waals surface area (Å²) in [4.78, 5) is 13.8. The fourth-order valence-corrected chi connectivity index (χ4v) is 1.94. The molecule has 0 saturated carbocycles. The van der Waals surface area contributed by atoms with Crippen molar-refractivity contribution >= 4 is 17.4 Å². The molecule has 0 bridgehead atoms. The zero-order valence-corrected chi connectivity index (χ0v) is 10.8. The Balaban J connectivity index is 2.12. The first-order chi connectivity index (χ1) is 8.13. The summed E-state index contributed by atoms with van der Waals surface area (Å²) in [5, 5.41) is 16.5. The van der Waals surface area contributed by atoms with E-state index in [-0.39, 0.29) is 6.03 Å². The Labute approximate surface area is 105 Å². The summed E-state index contributed by atoms with van der Waals surface area (Å²) in [6.45, 7) is 2.02. The molecule has 17 heavy (non-hydrogen) atoms. The molecule has 1 aromatic rings. The highest BCUT2D eigenvalue weighted by molar-refractivity contribution is 7.10. The van der Waals surface area contributed by atoms with Crippen LogP contribution in [0, 0.1) is 11.3 Å².